The molecule has 0 radical (unpaired) electrons. The lowest BCUT2D eigenvalue weighted by atomic mass is 10.1. The largest absolute Gasteiger partial charge is 0.483 e. The van der Waals surface area contributed by atoms with Crippen LogP contribution >= 0.6 is 11.6 Å². The number of hydrogen-bond acceptors (Lipinski definition) is 4. The predicted octanol–water partition coefficient (Wildman–Crippen LogP) is 2.93. The number of rotatable bonds is 5. The molecule has 0 aliphatic heterocycles. The first-order valence-corrected chi connectivity index (χ1v) is 9.33. The molecule has 3 N–H and O–H groups in total. The topological polar surface area (TPSA) is 98.5 Å². The van der Waals surface area contributed by atoms with Crippen LogP contribution in [-0.2, 0) is 14.8 Å². The Kier molecular flexibility index (Phi) is 5.72. The molecule has 0 saturated carbocycles. The van der Waals surface area contributed by atoms with Crippen LogP contribution in [-0.4, -0.2) is 20.9 Å². The molecular weight excluding hydrogens is 364 g/mol. The fourth-order valence-electron chi connectivity index (χ4n) is 2.22. The van der Waals surface area contributed by atoms with Crippen molar-refractivity contribution < 1.29 is 17.9 Å². The lowest BCUT2D eigenvalue weighted by Gasteiger charge is -2.14. The number of aryl methyl sites for hydroxylation is 2. The SMILES string of the molecule is Cc1cc(Cl)ccc1OCC(=O)Nc1cc(S(N)(=O)=O)cc(C)c1C. The summed E-state index contributed by atoms with van der Waals surface area (Å²) in [5.74, 6) is 0.133. The van der Waals surface area contributed by atoms with Gasteiger partial charge in [-0.05, 0) is 67.8 Å². The average Bonchev–Trinajstić information content (AvgIpc) is 2.49. The molecule has 0 fully saturated rings. The number of primary sulfonamides is 1. The number of halogens is 1. The number of carbonyl (C=O) groups excluding carboxylic acids is 1. The van der Waals surface area contributed by atoms with Crippen LogP contribution in [0.15, 0.2) is 35.2 Å². The molecule has 25 heavy (non-hydrogen) atoms. The fourth-order valence-corrected chi connectivity index (χ4v) is 3.07. The lowest BCUT2D eigenvalue weighted by Crippen LogP contribution is -2.22. The molecule has 8 heteroatoms. The highest BCUT2D eigenvalue weighted by Gasteiger charge is 2.14. The number of nitrogens with one attached hydrogen (secondary N) is 1. The first-order valence-electron chi connectivity index (χ1n) is 7.41. The van der Waals surface area contributed by atoms with E-state index in [9.17, 15) is 13.2 Å². The van der Waals surface area contributed by atoms with Crippen LogP contribution in [0.2, 0.25) is 5.02 Å². The zero-order valence-electron chi connectivity index (χ0n) is 14.1. The van der Waals surface area contributed by atoms with E-state index in [1.165, 1.54) is 12.1 Å². The Hall–Kier alpha value is -2.09. The summed E-state index contributed by atoms with van der Waals surface area (Å²) in [4.78, 5) is 12.1. The first kappa shape index (κ1) is 19.2. The van der Waals surface area contributed by atoms with Gasteiger partial charge in [0.25, 0.3) is 5.91 Å². The van der Waals surface area contributed by atoms with E-state index in [2.05, 4.69) is 5.32 Å². The van der Waals surface area contributed by atoms with Crippen molar-refractivity contribution in [2.75, 3.05) is 11.9 Å². The minimum Gasteiger partial charge on any atom is -0.483 e. The Balaban J connectivity index is 2.14. The van der Waals surface area contributed by atoms with Gasteiger partial charge in [-0.1, -0.05) is 11.6 Å². The molecular formula is C17H19ClN2O4S. The van der Waals surface area contributed by atoms with E-state index >= 15 is 0 Å². The number of benzene rings is 2. The van der Waals surface area contributed by atoms with Crippen molar-refractivity contribution in [1.29, 1.82) is 0 Å². The van der Waals surface area contributed by atoms with Crippen LogP contribution in [0, 0.1) is 20.8 Å². The Morgan fingerprint density at radius 2 is 1.84 bits per heavy atom. The monoisotopic (exact) mass is 382 g/mol. The van der Waals surface area contributed by atoms with Crippen molar-refractivity contribution in [3.8, 4) is 5.75 Å². The van der Waals surface area contributed by atoms with Crippen molar-refractivity contribution in [3.63, 3.8) is 0 Å². The van der Waals surface area contributed by atoms with Gasteiger partial charge < -0.3 is 10.1 Å². The van der Waals surface area contributed by atoms with E-state index in [0.29, 0.717) is 22.0 Å². The highest BCUT2D eigenvalue weighted by molar-refractivity contribution is 7.89. The summed E-state index contributed by atoms with van der Waals surface area (Å²) >= 11 is 5.88. The Labute approximate surface area is 152 Å². The second-order valence-corrected chi connectivity index (χ2v) is 7.70. The highest BCUT2D eigenvalue weighted by Crippen LogP contribution is 2.24. The number of carbonyl (C=O) groups is 1. The zero-order chi connectivity index (χ0) is 18.8. The van der Waals surface area contributed by atoms with Crippen LogP contribution < -0.4 is 15.2 Å². The molecule has 1 amide bonds. The fraction of sp³-hybridized carbons (Fsp3) is 0.235. The summed E-state index contributed by atoms with van der Waals surface area (Å²) in [5, 5.41) is 8.40. The van der Waals surface area contributed by atoms with Gasteiger partial charge in [0, 0.05) is 10.7 Å². The number of amides is 1. The van der Waals surface area contributed by atoms with Crippen LogP contribution in [0.5, 0.6) is 5.75 Å². The highest BCUT2D eigenvalue weighted by atomic mass is 35.5. The molecule has 2 aromatic rings. The molecule has 0 bridgehead atoms. The molecule has 2 rings (SSSR count). The molecule has 2 aromatic carbocycles. The maximum Gasteiger partial charge on any atom is 0.262 e. The molecule has 0 saturated heterocycles. The van der Waals surface area contributed by atoms with Crippen LogP contribution in [0.4, 0.5) is 5.69 Å². The summed E-state index contributed by atoms with van der Waals surface area (Å²) in [7, 11) is -3.86. The number of nitrogens with two attached hydrogens (primary N) is 1. The van der Waals surface area contributed by atoms with Crippen molar-refractivity contribution in [2.45, 2.75) is 25.7 Å². The quantitative estimate of drug-likeness (QED) is 0.830. The molecule has 0 atom stereocenters. The van der Waals surface area contributed by atoms with Crippen LogP contribution in [0.25, 0.3) is 0 Å². The molecule has 6 nitrogen and oxygen atoms in total. The van der Waals surface area contributed by atoms with Crippen molar-refractivity contribution in [2.24, 2.45) is 5.14 Å². The summed E-state index contributed by atoms with van der Waals surface area (Å²) in [6.07, 6.45) is 0. The predicted molar refractivity (Wildman–Crippen MR) is 97.6 cm³/mol. The van der Waals surface area contributed by atoms with Gasteiger partial charge in [0.05, 0.1) is 4.90 Å². The minimum absolute atomic E-state index is 0.0552. The van der Waals surface area contributed by atoms with Gasteiger partial charge in [0.15, 0.2) is 6.61 Å². The van der Waals surface area contributed by atoms with E-state index in [1.54, 1.807) is 32.0 Å². The van der Waals surface area contributed by atoms with E-state index < -0.39 is 15.9 Å². The molecule has 0 heterocycles. The summed E-state index contributed by atoms with van der Waals surface area (Å²) in [5.41, 5.74) is 2.65. The van der Waals surface area contributed by atoms with Crippen molar-refractivity contribution in [3.05, 3.63) is 52.0 Å². The summed E-state index contributed by atoms with van der Waals surface area (Å²) in [6, 6.07) is 7.89. The average molecular weight is 383 g/mol. The smallest absolute Gasteiger partial charge is 0.262 e. The minimum atomic E-state index is -3.86. The summed E-state index contributed by atoms with van der Waals surface area (Å²) in [6.45, 7) is 5.12. The maximum atomic E-state index is 12.1. The lowest BCUT2D eigenvalue weighted by molar-refractivity contribution is -0.118. The van der Waals surface area contributed by atoms with Gasteiger partial charge in [-0.25, -0.2) is 13.6 Å². The molecule has 0 unspecified atom stereocenters. The number of anilines is 1. The van der Waals surface area contributed by atoms with Crippen LogP contribution in [0.3, 0.4) is 0 Å². The summed E-state index contributed by atoms with van der Waals surface area (Å²) < 4.78 is 28.6. The zero-order valence-corrected chi connectivity index (χ0v) is 15.7. The van der Waals surface area contributed by atoms with E-state index in [0.717, 1.165) is 11.1 Å². The number of sulfonamides is 1. The second-order valence-electron chi connectivity index (χ2n) is 5.70. The molecule has 0 spiro atoms. The third-order valence-corrected chi connectivity index (χ3v) is 4.87. The van der Waals surface area contributed by atoms with Gasteiger partial charge in [-0.3, -0.25) is 4.79 Å². The van der Waals surface area contributed by atoms with Gasteiger partial charge in [0.1, 0.15) is 5.75 Å². The Morgan fingerprint density at radius 3 is 2.44 bits per heavy atom. The van der Waals surface area contributed by atoms with Gasteiger partial charge in [0.2, 0.25) is 10.0 Å². The molecule has 0 aromatic heterocycles. The molecule has 0 aliphatic rings. The van der Waals surface area contributed by atoms with E-state index in [1.807, 2.05) is 6.92 Å². The van der Waals surface area contributed by atoms with Gasteiger partial charge >= 0.3 is 0 Å². The van der Waals surface area contributed by atoms with Crippen molar-refractivity contribution in [1.82, 2.24) is 0 Å². The number of ether oxygens (including phenoxy) is 1. The van der Waals surface area contributed by atoms with E-state index in [4.69, 9.17) is 21.5 Å². The normalized spacial score (nSPS) is 11.2. The van der Waals surface area contributed by atoms with Gasteiger partial charge in [-0.15, -0.1) is 0 Å². The Bertz CT molecular complexity index is 926. The maximum absolute atomic E-state index is 12.1. The first-order chi connectivity index (χ1) is 11.6. The molecule has 134 valence electrons. The third-order valence-electron chi connectivity index (χ3n) is 3.74. The molecule has 0 aliphatic carbocycles. The second kappa shape index (κ2) is 7.43. The van der Waals surface area contributed by atoms with Crippen molar-refractivity contribution >= 4 is 33.2 Å². The Morgan fingerprint density at radius 1 is 1.16 bits per heavy atom. The van der Waals surface area contributed by atoms with Crippen LogP contribution in [0.1, 0.15) is 16.7 Å². The van der Waals surface area contributed by atoms with Gasteiger partial charge in [-0.2, -0.15) is 0 Å². The third kappa shape index (κ3) is 4.94. The standard InChI is InChI=1S/C17H19ClN2O4S/c1-10-7-14(25(19,22)23)8-15(12(10)3)20-17(21)9-24-16-5-4-13(18)6-11(16)2/h4-8H,9H2,1-3H3,(H,20,21)(H2,19,22,23). The van der Waals surface area contributed by atoms with E-state index in [-0.39, 0.29) is 11.5 Å². The number of hydrogen-bond donors (Lipinski definition) is 2.